The van der Waals surface area contributed by atoms with E-state index in [9.17, 15) is 4.79 Å². The van der Waals surface area contributed by atoms with Crippen molar-refractivity contribution in [1.29, 1.82) is 0 Å². The van der Waals surface area contributed by atoms with E-state index in [2.05, 4.69) is 36.4 Å². The Labute approximate surface area is 193 Å². The molecule has 1 aromatic carbocycles. The molecule has 6 heteroatoms. The Bertz CT molecular complexity index is 1140. The number of benzene rings is 1. The number of ether oxygens (including phenoxy) is 1. The summed E-state index contributed by atoms with van der Waals surface area (Å²) in [6.45, 7) is 8.44. The Morgan fingerprint density at radius 1 is 1.16 bits per heavy atom. The van der Waals surface area contributed by atoms with Crippen LogP contribution < -0.4 is 0 Å². The Kier molecular flexibility index (Phi) is 6.47. The van der Waals surface area contributed by atoms with Gasteiger partial charge in [-0.1, -0.05) is 74.0 Å². The molecule has 0 amide bonds. The van der Waals surface area contributed by atoms with Crippen LogP contribution in [0.2, 0.25) is 5.02 Å². The summed E-state index contributed by atoms with van der Waals surface area (Å²) in [5.74, 6) is 0.825. The summed E-state index contributed by atoms with van der Waals surface area (Å²) in [5, 5.41) is 4.87. The molecule has 1 aromatic heterocycles. The van der Waals surface area contributed by atoms with E-state index in [-0.39, 0.29) is 24.2 Å². The maximum atomic E-state index is 12.6. The molecule has 0 radical (unpaired) electrons. The second kappa shape index (κ2) is 9.29. The van der Waals surface area contributed by atoms with Crippen LogP contribution in [0.4, 0.5) is 0 Å². The third-order valence-electron chi connectivity index (χ3n) is 5.48. The molecule has 2 atom stereocenters. The molecule has 0 bridgehead atoms. The second-order valence-electron chi connectivity index (χ2n) is 8.69. The third kappa shape index (κ3) is 4.63. The summed E-state index contributed by atoms with van der Waals surface area (Å²) in [6.07, 6.45) is 8.57. The number of rotatable bonds is 5. The number of hydrogen-bond donors (Lipinski definition) is 0. The summed E-state index contributed by atoms with van der Waals surface area (Å²) < 4.78 is 11.2. The average molecular weight is 451 g/mol. The van der Waals surface area contributed by atoms with E-state index in [0.717, 1.165) is 33.7 Å². The summed E-state index contributed by atoms with van der Waals surface area (Å²) >= 11 is 6.14. The van der Waals surface area contributed by atoms with Gasteiger partial charge in [0.1, 0.15) is 6.04 Å². The number of aromatic nitrogens is 1. The van der Waals surface area contributed by atoms with Crippen molar-refractivity contribution in [2.45, 2.75) is 40.2 Å². The number of aliphatic imine (C=N–C) groups is 1. The van der Waals surface area contributed by atoms with Crippen molar-refractivity contribution in [3.8, 4) is 0 Å². The van der Waals surface area contributed by atoms with Crippen molar-refractivity contribution in [3.63, 3.8) is 0 Å². The number of carbonyl (C=O) groups excluding carboxylic acids is 1. The van der Waals surface area contributed by atoms with Crippen LogP contribution in [0.5, 0.6) is 0 Å². The molecule has 2 heterocycles. The van der Waals surface area contributed by atoms with Crippen LogP contribution in [0.3, 0.4) is 0 Å². The van der Waals surface area contributed by atoms with Gasteiger partial charge < -0.3 is 9.26 Å². The number of hydrogen-bond acceptors (Lipinski definition) is 5. The van der Waals surface area contributed by atoms with Gasteiger partial charge in [0, 0.05) is 16.2 Å². The summed E-state index contributed by atoms with van der Waals surface area (Å²) in [7, 11) is 0. The van der Waals surface area contributed by atoms with Crippen LogP contribution in [0.15, 0.2) is 63.7 Å². The van der Waals surface area contributed by atoms with Gasteiger partial charge in [0.05, 0.1) is 30.0 Å². The van der Waals surface area contributed by atoms with Gasteiger partial charge in [-0.3, -0.25) is 9.79 Å². The molecule has 0 fully saturated rings. The maximum absolute atomic E-state index is 12.6. The number of halogens is 1. The van der Waals surface area contributed by atoms with Crippen LogP contribution >= 0.6 is 11.6 Å². The van der Waals surface area contributed by atoms with E-state index >= 15 is 0 Å². The largest absolute Gasteiger partial charge is 0.465 e. The van der Waals surface area contributed by atoms with Crippen molar-refractivity contribution < 1.29 is 14.1 Å². The van der Waals surface area contributed by atoms with Gasteiger partial charge in [0.25, 0.3) is 0 Å². The molecule has 2 aliphatic rings. The van der Waals surface area contributed by atoms with Crippen molar-refractivity contribution in [2.75, 3.05) is 6.61 Å². The number of aryl methyl sites for hydroxylation is 1. The summed E-state index contributed by atoms with van der Waals surface area (Å²) in [4.78, 5) is 17.7. The number of allylic oxidation sites excluding steroid dienone is 6. The predicted octanol–water partition coefficient (Wildman–Crippen LogP) is 6.29. The minimum atomic E-state index is -0.539. The zero-order valence-electron chi connectivity index (χ0n) is 18.8. The first-order valence-corrected chi connectivity index (χ1v) is 11.3. The van der Waals surface area contributed by atoms with Crippen LogP contribution in [-0.4, -0.2) is 23.4 Å². The van der Waals surface area contributed by atoms with E-state index in [0.29, 0.717) is 17.4 Å². The molecule has 32 heavy (non-hydrogen) atoms. The summed E-state index contributed by atoms with van der Waals surface area (Å²) in [6, 6.07) is 7.05. The number of nitrogens with zero attached hydrogens (tertiary/aromatic N) is 2. The molecular weight excluding hydrogens is 424 g/mol. The molecular formula is C26H27ClN2O3. The van der Waals surface area contributed by atoms with Gasteiger partial charge in [-0.15, -0.1) is 0 Å². The Balaban J connectivity index is 1.86. The van der Waals surface area contributed by atoms with Crippen molar-refractivity contribution in [1.82, 2.24) is 5.16 Å². The lowest BCUT2D eigenvalue weighted by atomic mass is 9.93. The molecule has 2 aromatic rings. The number of carbonyl (C=O) groups is 1. The zero-order valence-corrected chi connectivity index (χ0v) is 19.5. The lowest BCUT2D eigenvalue weighted by Gasteiger charge is -2.13. The van der Waals surface area contributed by atoms with Gasteiger partial charge in [0.2, 0.25) is 0 Å². The average Bonchev–Trinajstić information content (AvgIpc) is 2.95. The molecule has 5 nitrogen and oxygen atoms in total. The minimum Gasteiger partial charge on any atom is -0.465 e. The van der Waals surface area contributed by atoms with Gasteiger partial charge in [0.15, 0.2) is 5.76 Å². The SMILES string of the molecule is Cc1noc2c1C1=C(C=CC(C)C=C1)C(c1ccc(Cl)cc1)=N[C@H]2CC(=O)OCC(C)C. The molecule has 0 N–H and O–H groups in total. The number of fused-ring (bicyclic) bond motifs is 2. The number of esters is 1. The highest BCUT2D eigenvalue weighted by Gasteiger charge is 2.32. The molecule has 4 rings (SSSR count). The Morgan fingerprint density at radius 3 is 2.53 bits per heavy atom. The monoisotopic (exact) mass is 450 g/mol. The molecule has 1 unspecified atom stereocenters. The van der Waals surface area contributed by atoms with Crippen LogP contribution in [0, 0.1) is 18.8 Å². The molecule has 0 saturated heterocycles. The van der Waals surface area contributed by atoms with Crippen LogP contribution in [-0.2, 0) is 9.53 Å². The highest BCUT2D eigenvalue weighted by Crippen LogP contribution is 2.40. The van der Waals surface area contributed by atoms with Gasteiger partial charge in [-0.25, -0.2) is 0 Å². The fourth-order valence-corrected chi connectivity index (χ4v) is 3.97. The van der Waals surface area contributed by atoms with Gasteiger partial charge in [-0.2, -0.15) is 0 Å². The first kappa shape index (κ1) is 22.3. The van der Waals surface area contributed by atoms with Crippen molar-refractivity contribution in [3.05, 3.63) is 81.7 Å². The summed E-state index contributed by atoms with van der Waals surface area (Å²) in [5.41, 5.74) is 5.34. The van der Waals surface area contributed by atoms with Crippen LogP contribution in [0.1, 0.15) is 55.8 Å². The smallest absolute Gasteiger partial charge is 0.308 e. The highest BCUT2D eigenvalue weighted by atomic mass is 35.5. The standard InChI is InChI=1S/C26H27ClN2O3/c1-15(2)14-31-23(30)13-22-26-24(17(4)29-32-26)20-11-5-16(3)6-12-21(20)25(28-22)18-7-9-19(27)10-8-18/h5-12,15-16,22H,13-14H2,1-4H3/t16?,22-/m0/s1. The Hall–Kier alpha value is -2.92. The molecule has 1 aliphatic heterocycles. The van der Waals surface area contributed by atoms with Gasteiger partial charge >= 0.3 is 5.97 Å². The molecule has 0 saturated carbocycles. The van der Waals surface area contributed by atoms with E-state index in [1.807, 2.05) is 45.0 Å². The van der Waals surface area contributed by atoms with E-state index in [4.69, 9.17) is 25.9 Å². The first-order valence-electron chi connectivity index (χ1n) is 10.9. The van der Waals surface area contributed by atoms with Crippen molar-refractivity contribution >= 4 is 28.9 Å². The fraction of sp³-hybridized carbons (Fsp3) is 0.346. The van der Waals surface area contributed by atoms with E-state index in [1.165, 1.54) is 0 Å². The second-order valence-corrected chi connectivity index (χ2v) is 9.13. The lowest BCUT2D eigenvalue weighted by molar-refractivity contribution is -0.145. The van der Waals surface area contributed by atoms with Crippen LogP contribution in [0.25, 0.3) is 5.57 Å². The maximum Gasteiger partial charge on any atom is 0.308 e. The third-order valence-corrected chi connectivity index (χ3v) is 5.73. The van der Waals surface area contributed by atoms with E-state index in [1.54, 1.807) is 0 Å². The van der Waals surface area contributed by atoms with E-state index < -0.39 is 6.04 Å². The predicted molar refractivity (Wildman–Crippen MR) is 127 cm³/mol. The highest BCUT2D eigenvalue weighted by molar-refractivity contribution is 6.31. The van der Waals surface area contributed by atoms with Crippen molar-refractivity contribution in [2.24, 2.45) is 16.8 Å². The molecule has 1 aliphatic carbocycles. The quantitative estimate of drug-likeness (QED) is 0.502. The molecule has 166 valence electrons. The minimum absolute atomic E-state index is 0.0792. The normalized spacial score (nSPS) is 19.9. The zero-order chi connectivity index (χ0) is 22.8. The fourth-order valence-electron chi connectivity index (χ4n) is 3.84. The van der Waals surface area contributed by atoms with Gasteiger partial charge in [-0.05, 0) is 36.5 Å². The lowest BCUT2D eigenvalue weighted by Crippen LogP contribution is -2.14. The Morgan fingerprint density at radius 2 is 1.84 bits per heavy atom. The first-order chi connectivity index (χ1) is 15.3. The topological polar surface area (TPSA) is 64.7 Å². The molecule has 0 spiro atoms.